The standard InChI is InChI=1S/C21H42N2O/c1-20(2,3)9-12-23-11-7-19(18-23)17-21(4,5)8-6-10-22-13-15-24-16-14-22/h19H,6-18H2,1-5H3. The Morgan fingerprint density at radius 2 is 1.58 bits per heavy atom. The highest BCUT2D eigenvalue weighted by atomic mass is 16.5. The van der Waals surface area contributed by atoms with Crippen LogP contribution in [-0.2, 0) is 4.74 Å². The summed E-state index contributed by atoms with van der Waals surface area (Å²) >= 11 is 0. The molecule has 24 heavy (non-hydrogen) atoms. The van der Waals surface area contributed by atoms with Crippen LogP contribution in [0.5, 0.6) is 0 Å². The van der Waals surface area contributed by atoms with Crippen molar-refractivity contribution in [2.24, 2.45) is 16.7 Å². The van der Waals surface area contributed by atoms with Crippen molar-refractivity contribution < 1.29 is 4.74 Å². The van der Waals surface area contributed by atoms with E-state index in [9.17, 15) is 0 Å². The fourth-order valence-corrected chi connectivity index (χ4v) is 4.27. The van der Waals surface area contributed by atoms with Gasteiger partial charge in [0, 0.05) is 19.6 Å². The predicted octanol–water partition coefficient (Wildman–Crippen LogP) is 4.27. The molecule has 0 N–H and O–H groups in total. The van der Waals surface area contributed by atoms with Crippen LogP contribution in [0, 0.1) is 16.7 Å². The van der Waals surface area contributed by atoms with E-state index in [1.165, 1.54) is 58.3 Å². The van der Waals surface area contributed by atoms with Gasteiger partial charge in [-0.2, -0.15) is 0 Å². The van der Waals surface area contributed by atoms with Crippen LogP contribution in [0.25, 0.3) is 0 Å². The van der Waals surface area contributed by atoms with Gasteiger partial charge < -0.3 is 9.64 Å². The lowest BCUT2D eigenvalue weighted by Crippen LogP contribution is -2.37. The van der Waals surface area contributed by atoms with Crippen LogP contribution in [0.4, 0.5) is 0 Å². The van der Waals surface area contributed by atoms with Crippen LogP contribution in [0.2, 0.25) is 0 Å². The van der Waals surface area contributed by atoms with Crippen molar-refractivity contribution in [2.45, 2.75) is 66.7 Å². The molecule has 0 saturated carbocycles. The maximum Gasteiger partial charge on any atom is 0.0594 e. The fraction of sp³-hybridized carbons (Fsp3) is 1.00. The van der Waals surface area contributed by atoms with Crippen LogP contribution in [-0.4, -0.2) is 62.3 Å². The molecule has 2 aliphatic heterocycles. The molecular formula is C21H42N2O. The molecule has 0 amide bonds. The second-order valence-corrected chi connectivity index (χ2v) is 10.2. The van der Waals surface area contributed by atoms with Gasteiger partial charge in [-0.3, -0.25) is 4.90 Å². The largest absolute Gasteiger partial charge is 0.379 e. The minimum Gasteiger partial charge on any atom is -0.379 e. The van der Waals surface area contributed by atoms with Crippen molar-refractivity contribution in [1.82, 2.24) is 9.80 Å². The number of hydrogen-bond donors (Lipinski definition) is 0. The molecule has 142 valence electrons. The Hall–Kier alpha value is -0.120. The van der Waals surface area contributed by atoms with Gasteiger partial charge in [0.2, 0.25) is 0 Å². The van der Waals surface area contributed by atoms with Gasteiger partial charge >= 0.3 is 0 Å². The zero-order valence-electron chi connectivity index (χ0n) is 17.1. The quantitative estimate of drug-likeness (QED) is 0.657. The summed E-state index contributed by atoms with van der Waals surface area (Å²) in [5.41, 5.74) is 0.966. The third kappa shape index (κ3) is 7.84. The molecule has 2 heterocycles. The molecule has 0 aromatic rings. The third-order valence-corrected chi connectivity index (χ3v) is 5.82. The molecule has 2 fully saturated rings. The van der Waals surface area contributed by atoms with Crippen LogP contribution >= 0.6 is 0 Å². The smallest absolute Gasteiger partial charge is 0.0594 e. The molecule has 3 nitrogen and oxygen atoms in total. The highest BCUT2D eigenvalue weighted by Gasteiger charge is 2.29. The highest BCUT2D eigenvalue weighted by Crippen LogP contribution is 2.35. The predicted molar refractivity (Wildman–Crippen MR) is 104 cm³/mol. The Morgan fingerprint density at radius 3 is 2.25 bits per heavy atom. The molecule has 0 aromatic heterocycles. The molecule has 0 radical (unpaired) electrons. The van der Waals surface area contributed by atoms with Crippen molar-refractivity contribution in [3.05, 3.63) is 0 Å². The molecule has 0 aromatic carbocycles. The zero-order chi connectivity index (χ0) is 17.6. The van der Waals surface area contributed by atoms with E-state index >= 15 is 0 Å². The Bertz CT molecular complexity index is 355. The van der Waals surface area contributed by atoms with Crippen molar-refractivity contribution in [3.8, 4) is 0 Å². The summed E-state index contributed by atoms with van der Waals surface area (Å²) in [6.07, 6.45) is 6.85. The molecule has 2 rings (SSSR count). The molecule has 0 spiro atoms. The lowest BCUT2D eigenvalue weighted by atomic mass is 9.79. The van der Waals surface area contributed by atoms with Gasteiger partial charge in [-0.25, -0.2) is 0 Å². The average molecular weight is 339 g/mol. The lowest BCUT2D eigenvalue weighted by molar-refractivity contribution is 0.0356. The van der Waals surface area contributed by atoms with E-state index in [2.05, 4.69) is 44.4 Å². The maximum atomic E-state index is 5.44. The SMILES string of the molecule is CC(C)(C)CCN1CCC(CC(C)(C)CCCN2CCOCC2)C1. The molecule has 3 heteroatoms. The van der Waals surface area contributed by atoms with Gasteiger partial charge in [-0.15, -0.1) is 0 Å². The Kier molecular flexibility index (Phi) is 7.58. The van der Waals surface area contributed by atoms with E-state index in [4.69, 9.17) is 4.74 Å². The van der Waals surface area contributed by atoms with E-state index in [0.717, 1.165) is 32.2 Å². The van der Waals surface area contributed by atoms with E-state index in [1.54, 1.807) is 0 Å². The molecule has 2 aliphatic rings. The average Bonchev–Trinajstić information content (AvgIpc) is 2.92. The second-order valence-electron chi connectivity index (χ2n) is 10.2. The van der Waals surface area contributed by atoms with Crippen molar-refractivity contribution in [1.29, 1.82) is 0 Å². The molecule has 0 aliphatic carbocycles. The third-order valence-electron chi connectivity index (χ3n) is 5.82. The van der Waals surface area contributed by atoms with Crippen LogP contribution < -0.4 is 0 Å². The fourth-order valence-electron chi connectivity index (χ4n) is 4.27. The van der Waals surface area contributed by atoms with E-state index in [-0.39, 0.29) is 0 Å². The first kappa shape index (κ1) is 20.2. The molecular weight excluding hydrogens is 296 g/mol. The van der Waals surface area contributed by atoms with Crippen LogP contribution in [0.15, 0.2) is 0 Å². The number of rotatable bonds is 8. The maximum absolute atomic E-state index is 5.44. The van der Waals surface area contributed by atoms with E-state index < -0.39 is 0 Å². The summed E-state index contributed by atoms with van der Waals surface area (Å²) in [7, 11) is 0. The molecule has 0 bridgehead atoms. The summed E-state index contributed by atoms with van der Waals surface area (Å²) in [4.78, 5) is 5.28. The van der Waals surface area contributed by atoms with Gasteiger partial charge in [0.25, 0.3) is 0 Å². The van der Waals surface area contributed by atoms with Crippen LogP contribution in [0.1, 0.15) is 66.7 Å². The first-order valence-corrected chi connectivity index (χ1v) is 10.3. The minimum absolute atomic E-state index is 0.469. The highest BCUT2D eigenvalue weighted by molar-refractivity contribution is 4.82. The Labute approximate surface area is 151 Å². The number of morpholine rings is 1. The normalized spacial score (nSPS) is 24.6. The second kappa shape index (κ2) is 9.00. The van der Waals surface area contributed by atoms with Crippen molar-refractivity contribution in [2.75, 3.05) is 52.5 Å². The van der Waals surface area contributed by atoms with Gasteiger partial charge in [0.15, 0.2) is 0 Å². The topological polar surface area (TPSA) is 15.7 Å². The van der Waals surface area contributed by atoms with E-state index in [1.807, 2.05) is 0 Å². The first-order valence-electron chi connectivity index (χ1n) is 10.3. The summed E-state index contributed by atoms with van der Waals surface area (Å²) in [6.45, 7) is 21.4. The Balaban J connectivity index is 1.62. The van der Waals surface area contributed by atoms with Crippen molar-refractivity contribution >= 4 is 0 Å². The number of hydrogen-bond acceptors (Lipinski definition) is 3. The number of nitrogens with zero attached hydrogens (tertiary/aromatic N) is 2. The summed E-state index contributed by atoms with van der Waals surface area (Å²) < 4.78 is 5.44. The number of ether oxygens (including phenoxy) is 1. The first-order chi connectivity index (χ1) is 11.2. The van der Waals surface area contributed by atoms with Gasteiger partial charge in [0.05, 0.1) is 13.2 Å². The summed E-state index contributed by atoms with van der Waals surface area (Å²) in [5.74, 6) is 0.920. The number of likely N-dealkylation sites (tertiary alicyclic amines) is 1. The molecule has 1 atom stereocenters. The van der Waals surface area contributed by atoms with E-state index in [0.29, 0.717) is 10.8 Å². The van der Waals surface area contributed by atoms with Crippen molar-refractivity contribution in [3.63, 3.8) is 0 Å². The monoisotopic (exact) mass is 338 g/mol. The minimum atomic E-state index is 0.469. The summed E-state index contributed by atoms with van der Waals surface area (Å²) in [6, 6.07) is 0. The van der Waals surface area contributed by atoms with Crippen LogP contribution in [0.3, 0.4) is 0 Å². The molecule has 1 unspecified atom stereocenters. The van der Waals surface area contributed by atoms with Gasteiger partial charge in [-0.05, 0) is 68.5 Å². The summed E-state index contributed by atoms with van der Waals surface area (Å²) in [5, 5.41) is 0. The molecule has 2 saturated heterocycles. The van der Waals surface area contributed by atoms with Gasteiger partial charge in [0.1, 0.15) is 0 Å². The Morgan fingerprint density at radius 1 is 0.875 bits per heavy atom. The zero-order valence-corrected chi connectivity index (χ0v) is 17.1. The lowest BCUT2D eigenvalue weighted by Gasteiger charge is -2.31. The van der Waals surface area contributed by atoms with Gasteiger partial charge in [-0.1, -0.05) is 34.6 Å².